The molecule has 1 aliphatic heterocycles. The number of nitrogens with one attached hydrogen (secondary N) is 1. The van der Waals surface area contributed by atoms with Crippen molar-refractivity contribution in [1.29, 1.82) is 0 Å². The Morgan fingerprint density at radius 1 is 1.33 bits per heavy atom. The molecule has 0 unspecified atom stereocenters. The molecule has 1 aromatic carbocycles. The fraction of sp³-hybridized carbons (Fsp3) is 0.500. The normalized spacial score (nSPS) is 21.5. The Morgan fingerprint density at radius 3 is 2.67 bits per heavy atom. The molecule has 21 heavy (non-hydrogen) atoms. The number of ether oxygens (including phenoxy) is 1. The molecule has 112 valence electrons. The third-order valence-electron chi connectivity index (χ3n) is 3.88. The second-order valence-corrected chi connectivity index (χ2v) is 5.62. The van der Waals surface area contributed by atoms with Crippen LogP contribution in [0.5, 0.6) is 5.75 Å². The molecule has 1 aromatic rings. The number of carbonyl (C=O) groups excluding carboxylic acids is 2. The average Bonchev–Trinajstić information content (AvgIpc) is 3.25. The summed E-state index contributed by atoms with van der Waals surface area (Å²) in [6.45, 7) is 3.10. The SMILES string of the molecule is CCOc1ccc(N2C[C@@H](NC(=O)C3CC3)CC2=O)cc1. The first-order chi connectivity index (χ1) is 10.2. The van der Waals surface area contributed by atoms with Gasteiger partial charge in [0.1, 0.15) is 5.75 Å². The van der Waals surface area contributed by atoms with Crippen LogP contribution in [0.15, 0.2) is 24.3 Å². The van der Waals surface area contributed by atoms with Crippen molar-refractivity contribution in [2.24, 2.45) is 5.92 Å². The number of carbonyl (C=O) groups is 2. The summed E-state index contributed by atoms with van der Waals surface area (Å²) < 4.78 is 5.40. The smallest absolute Gasteiger partial charge is 0.229 e. The highest BCUT2D eigenvalue weighted by Gasteiger charge is 2.35. The first-order valence-corrected chi connectivity index (χ1v) is 7.51. The van der Waals surface area contributed by atoms with E-state index in [1.165, 1.54) is 0 Å². The van der Waals surface area contributed by atoms with Crippen LogP contribution < -0.4 is 15.0 Å². The van der Waals surface area contributed by atoms with E-state index in [9.17, 15) is 9.59 Å². The van der Waals surface area contributed by atoms with E-state index in [-0.39, 0.29) is 23.8 Å². The summed E-state index contributed by atoms with van der Waals surface area (Å²) >= 11 is 0. The van der Waals surface area contributed by atoms with Gasteiger partial charge in [-0.3, -0.25) is 9.59 Å². The Kier molecular flexibility index (Phi) is 3.82. The van der Waals surface area contributed by atoms with Gasteiger partial charge in [-0.05, 0) is 44.0 Å². The quantitative estimate of drug-likeness (QED) is 0.897. The number of benzene rings is 1. The fourth-order valence-corrected chi connectivity index (χ4v) is 2.61. The van der Waals surface area contributed by atoms with Gasteiger partial charge in [-0.15, -0.1) is 0 Å². The lowest BCUT2D eigenvalue weighted by molar-refractivity contribution is -0.122. The minimum absolute atomic E-state index is 0.0558. The molecule has 3 rings (SSSR count). The first-order valence-electron chi connectivity index (χ1n) is 7.51. The molecule has 1 saturated heterocycles. The van der Waals surface area contributed by atoms with Crippen molar-refractivity contribution in [2.75, 3.05) is 18.1 Å². The van der Waals surface area contributed by atoms with Crippen LogP contribution in [0.1, 0.15) is 26.2 Å². The minimum atomic E-state index is -0.0721. The standard InChI is InChI=1S/C16H20N2O3/c1-2-21-14-7-5-13(6-8-14)18-10-12(9-15(18)19)17-16(20)11-3-4-11/h5-8,11-12H,2-4,9-10H2,1H3,(H,17,20)/t12-/m0/s1. The van der Waals surface area contributed by atoms with E-state index in [0.717, 1.165) is 24.3 Å². The van der Waals surface area contributed by atoms with Crippen molar-refractivity contribution < 1.29 is 14.3 Å². The Labute approximate surface area is 124 Å². The molecule has 1 aliphatic carbocycles. The second kappa shape index (κ2) is 5.76. The van der Waals surface area contributed by atoms with Crippen LogP contribution in [0.2, 0.25) is 0 Å². The molecular weight excluding hydrogens is 268 g/mol. The van der Waals surface area contributed by atoms with Crippen molar-refractivity contribution in [1.82, 2.24) is 5.32 Å². The lowest BCUT2D eigenvalue weighted by Gasteiger charge is -2.17. The molecule has 1 atom stereocenters. The lowest BCUT2D eigenvalue weighted by atomic mass is 10.2. The van der Waals surface area contributed by atoms with E-state index in [0.29, 0.717) is 19.6 Å². The molecule has 2 aliphatic rings. The minimum Gasteiger partial charge on any atom is -0.494 e. The predicted octanol–water partition coefficient (Wildman–Crippen LogP) is 1.72. The second-order valence-electron chi connectivity index (χ2n) is 5.62. The van der Waals surface area contributed by atoms with Crippen molar-refractivity contribution in [3.05, 3.63) is 24.3 Å². The van der Waals surface area contributed by atoms with E-state index in [1.807, 2.05) is 31.2 Å². The van der Waals surface area contributed by atoms with E-state index >= 15 is 0 Å². The number of amides is 2. The lowest BCUT2D eigenvalue weighted by Crippen LogP contribution is -2.37. The molecule has 2 fully saturated rings. The van der Waals surface area contributed by atoms with Crippen LogP contribution >= 0.6 is 0 Å². The molecule has 1 saturated carbocycles. The van der Waals surface area contributed by atoms with E-state index in [2.05, 4.69) is 5.32 Å². The van der Waals surface area contributed by atoms with Gasteiger partial charge in [0.25, 0.3) is 0 Å². The Morgan fingerprint density at radius 2 is 2.05 bits per heavy atom. The molecule has 2 amide bonds. The monoisotopic (exact) mass is 288 g/mol. The summed E-state index contributed by atoms with van der Waals surface area (Å²) in [7, 11) is 0. The summed E-state index contributed by atoms with van der Waals surface area (Å²) in [6.07, 6.45) is 2.34. The molecular formula is C16H20N2O3. The summed E-state index contributed by atoms with van der Waals surface area (Å²) in [6, 6.07) is 7.42. The summed E-state index contributed by atoms with van der Waals surface area (Å²) in [5, 5.41) is 2.98. The summed E-state index contributed by atoms with van der Waals surface area (Å²) in [5.74, 6) is 1.13. The molecule has 0 radical (unpaired) electrons. The zero-order chi connectivity index (χ0) is 14.8. The number of anilines is 1. The fourth-order valence-electron chi connectivity index (χ4n) is 2.61. The van der Waals surface area contributed by atoms with Crippen LogP contribution in [0.4, 0.5) is 5.69 Å². The van der Waals surface area contributed by atoms with E-state index in [1.54, 1.807) is 4.90 Å². The number of hydrogen-bond acceptors (Lipinski definition) is 3. The van der Waals surface area contributed by atoms with Gasteiger partial charge < -0.3 is 15.0 Å². The first kappa shape index (κ1) is 13.9. The van der Waals surface area contributed by atoms with Gasteiger partial charge in [-0.1, -0.05) is 0 Å². The van der Waals surface area contributed by atoms with Gasteiger partial charge in [0.15, 0.2) is 0 Å². The van der Waals surface area contributed by atoms with Crippen molar-refractivity contribution in [3.8, 4) is 5.75 Å². The molecule has 0 bridgehead atoms. The van der Waals surface area contributed by atoms with Crippen molar-refractivity contribution >= 4 is 17.5 Å². The van der Waals surface area contributed by atoms with E-state index < -0.39 is 0 Å². The molecule has 0 aromatic heterocycles. The largest absolute Gasteiger partial charge is 0.494 e. The van der Waals surface area contributed by atoms with Gasteiger partial charge in [-0.25, -0.2) is 0 Å². The van der Waals surface area contributed by atoms with Crippen LogP contribution in [-0.4, -0.2) is 31.0 Å². The highest BCUT2D eigenvalue weighted by atomic mass is 16.5. The van der Waals surface area contributed by atoms with Crippen molar-refractivity contribution in [3.63, 3.8) is 0 Å². The zero-order valence-corrected chi connectivity index (χ0v) is 12.2. The highest BCUT2D eigenvalue weighted by molar-refractivity contribution is 5.97. The molecule has 5 nitrogen and oxygen atoms in total. The van der Waals surface area contributed by atoms with Crippen molar-refractivity contribution in [2.45, 2.75) is 32.2 Å². The van der Waals surface area contributed by atoms with Gasteiger partial charge >= 0.3 is 0 Å². The third-order valence-corrected chi connectivity index (χ3v) is 3.88. The van der Waals surface area contributed by atoms with Gasteiger partial charge in [0.05, 0.1) is 12.6 Å². The zero-order valence-electron chi connectivity index (χ0n) is 12.2. The maximum Gasteiger partial charge on any atom is 0.229 e. The predicted molar refractivity (Wildman–Crippen MR) is 79.2 cm³/mol. The topological polar surface area (TPSA) is 58.6 Å². The maximum atomic E-state index is 12.1. The van der Waals surface area contributed by atoms with Gasteiger partial charge in [0, 0.05) is 24.6 Å². The number of hydrogen-bond donors (Lipinski definition) is 1. The van der Waals surface area contributed by atoms with Crippen LogP contribution in [0.25, 0.3) is 0 Å². The molecule has 1 heterocycles. The number of nitrogens with zero attached hydrogens (tertiary/aromatic N) is 1. The van der Waals surface area contributed by atoms with Crippen LogP contribution in [0.3, 0.4) is 0 Å². The number of rotatable bonds is 5. The van der Waals surface area contributed by atoms with Crippen LogP contribution in [0, 0.1) is 5.92 Å². The highest BCUT2D eigenvalue weighted by Crippen LogP contribution is 2.30. The summed E-state index contributed by atoms with van der Waals surface area (Å²) in [4.78, 5) is 25.6. The van der Waals surface area contributed by atoms with Crippen LogP contribution in [-0.2, 0) is 9.59 Å². The third kappa shape index (κ3) is 3.17. The Balaban J connectivity index is 1.62. The Hall–Kier alpha value is -2.04. The van der Waals surface area contributed by atoms with Gasteiger partial charge in [-0.2, -0.15) is 0 Å². The average molecular weight is 288 g/mol. The maximum absolute atomic E-state index is 12.1. The molecule has 5 heteroatoms. The van der Waals surface area contributed by atoms with Gasteiger partial charge in [0.2, 0.25) is 11.8 Å². The molecule has 1 N–H and O–H groups in total. The molecule has 0 spiro atoms. The summed E-state index contributed by atoms with van der Waals surface area (Å²) in [5.41, 5.74) is 0.853. The Bertz CT molecular complexity index is 537. The van der Waals surface area contributed by atoms with E-state index in [4.69, 9.17) is 4.74 Å².